The van der Waals surface area contributed by atoms with Gasteiger partial charge in [-0.2, -0.15) is 0 Å². The Morgan fingerprint density at radius 3 is 2.60 bits per heavy atom. The zero-order valence-corrected chi connectivity index (χ0v) is 12.3. The first-order chi connectivity index (χ1) is 9.56. The Labute approximate surface area is 118 Å². The minimum atomic E-state index is 0.450. The largest absolute Gasteiger partial charge is 0.257 e. The highest BCUT2D eigenvalue weighted by atomic mass is 15.4. The quantitative estimate of drug-likeness (QED) is 0.713. The van der Waals surface area contributed by atoms with E-state index in [1.165, 1.54) is 0 Å². The molecule has 1 aromatic carbocycles. The Morgan fingerprint density at radius 1 is 1.10 bits per heavy atom. The number of rotatable bonds is 2. The third-order valence-electron chi connectivity index (χ3n) is 3.62. The molecule has 3 rings (SSSR count). The molecule has 0 unspecified atom stereocenters. The van der Waals surface area contributed by atoms with E-state index < -0.39 is 0 Å². The van der Waals surface area contributed by atoms with E-state index in [9.17, 15) is 0 Å². The van der Waals surface area contributed by atoms with Crippen molar-refractivity contribution in [2.24, 2.45) is 7.05 Å². The van der Waals surface area contributed by atoms with Gasteiger partial charge in [-0.05, 0) is 36.6 Å². The van der Waals surface area contributed by atoms with Gasteiger partial charge in [0.1, 0.15) is 5.52 Å². The van der Waals surface area contributed by atoms with E-state index in [2.05, 4.69) is 55.3 Å². The fourth-order valence-electron chi connectivity index (χ4n) is 2.41. The highest BCUT2D eigenvalue weighted by Crippen LogP contribution is 2.26. The molecule has 102 valence electrons. The lowest BCUT2D eigenvalue weighted by Gasteiger charge is -2.10. The van der Waals surface area contributed by atoms with Crippen molar-refractivity contribution in [1.82, 2.24) is 20.0 Å². The van der Waals surface area contributed by atoms with Crippen LogP contribution < -0.4 is 0 Å². The average molecular weight is 266 g/mol. The lowest BCUT2D eigenvalue weighted by Crippen LogP contribution is -1.96. The topological polar surface area (TPSA) is 43.6 Å². The van der Waals surface area contributed by atoms with Crippen molar-refractivity contribution < 1.29 is 0 Å². The molecular formula is C16H18N4. The van der Waals surface area contributed by atoms with E-state index >= 15 is 0 Å². The average Bonchev–Trinajstić information content (AvgIpc) is 2.80. The van der Waals surface area contributed by atoms with Crippen LogP contribution in [0.25, 0.3) is 22.2 Å². The molecular weight excluding hydrogens is 248 g/mol. The van der Waals surface area contributed by atoms with E-state index in [0.29, 0.717) is 5.92 Å². The summed E-state index contributed by atoms with van der Waals surface area (Å²) in [6.07, 6.45) is 0. The van der Waals surface area contributed by atoms with Crippen LogP contribution in [0.4, 0.5) is 0 Å². The van der Waals surface area contributed by atoms with Gasteiger partial charge in [-0.25, -0.2) is 4.68 Å². The van der Waals surface area contributed by atoms with Crippen molar-refractivity contribution >= 4 is 11.0 Å². The lowest BCUT2D eigenvalue weighted by molar-refractivity contribution is 0.736. The minimum Gasteiger partial charge on any atom is -0.257 e. The smallest absolute Gasteiger partial charge is 0.113 e. The van der Waals surface area contributed by atoms with E-state index in [1.54, 1.807) is 4.68 Å². The normalized spacial score (nSPS) is 11.4. The molecule has 0 fully saturated rings. The van der Waals surface area contributed by atoms with Crippen molar-refractivity contribution in [3.8, 4) is 11.1 Å². The molecule has 0 aliphatic rings. The highest BCUT2D eigenvalue weighted by molar-refractivity contribution is 5.82. The molecule has 2 heterocycles. The SMILES string of the molecule is Cc1nc(C(C)C)ccc1-c1ccc2nnn(C)c2c1. The van der Waals surface area contributed by atoms with Gasteiger partial charge in [-0.1, -0.05) is 31.2 Å². The second-order valence-electron chi connectivity index (χ2n) is 5.44. The van der Waals surface area contributed by atoms with Crippen LogP contribution in [0, 0.1) is 6.92 Å². The fourth-order valence-corrected chi connectivity index (χ4v) is 2.41. The van der Waals surface area contributed by atoms with Crippen molar-refractivity contribution in [2.75, 3.05) is 0 Å². The van der Waals surface area contributed by atoms with Gasteiger partial charge in [0.25, 0.3) is 0 Å². The third-order valence-corrected chi connectivity index (χ3v) is 3.62. The molecule has 0 amide bonds. The number of hydrogen-bond acceptors (Lipinski definition) is 3. The maximum Gasteiger partial charge on any atom is 0.113 e. The monoisotopic (exact) mass is 266 g/mol. The molecule has 0 radical (unpaired) electrons. The van der Waals surface area contributed by atoms with Gasteiger partial charge < -0.3 is 0 Å². The van der Waals surface area contributed by atoms with Gasteiger partial charge in [0.15, 0.2) is 0 Å². The molecule has 0 saturated carbocycles. The summed E-state index contributed by atoms with van der Waals surface area (Å²) < 4.78 is 1.80. The van der Waals surface area contributed by atoms with Gasteiger partial charge in [0, 0.05) is 24.0 Å². The second kappa shape index (κ2) is 4.71. The standard InChI is InChI=1S/C16H18N4/c1-10(2)14-8-6-13(11(3)17-14)12-5-7-15-16(9-12)20(4)19-18-15/h5-10H,1-4H3. The number of aromatic nitrogens is 4. The van der Waals surface area contributed by atoms with Crippen molar-refractivity contribution in [3.63, 3.8) is 0 Å². The van der Waals surface area contributed by atoms with Gasteiger partial charge >= 0.3 is 0 Å². The van der Waals surface area contributed by atoms with Crippen LogP contribution in [0.5, 0.6) is 0 Å². The summed E-state index contributed by atoms with van der Waals surface area (Å²) >= 11 is 0. The lowest BCUT2D eigenvalue weighted by atomic mass is 10.0. The van der Waals surface area contributed by atoms with Gasteiger partial charge in [-0.15, -0.1) is 5.10 Å². The van der Waals surface area contributed by atoms with E-state index in [-0.39, 0.29) is 0 Å². The maximum atomic E-state index is 4.70. The van der Waals surface area contributed by atoms with Crippen LogP contribution in [0.2, 0.25) is 0 Å². The number of fused-ring (bicyclic) bond motifs is 1. The van der Waals surface area contributed by atoms with E-state index in [4.69, 9.17) is 4.98 Å². The second-order valence-corrected chi connectivity index (χ2v) is 5.44. The van der Waals surface area contributed by atoms with Crippen molar-refractivity contribution in [2.45, 2.75) is 26.7 Å². The Kier molecular flexibility index (Phi) is 3.01. The summed E-state index contributed by atoms with van der Waals surface area (Å²) in [4.78, 5) is 4.70. The Morgan fingerprint density at radius 2 is 1.90 bits per heavy atom. The van der Waals surface area contributed by atoms with Gasteiger partial charge in [0.2, 0.25) is 0 Å². The van der Waals surface area contributed by atoms with Gasteiger partial charge in [0.05, 0.1) is 5.52 Å². The number of hydrogen-bond donors (Lipinski definition) is 0. The van der Waals surface area contributed by atoms with E-state index in [1.807, 2.05) is 13.1 Å². The minimum absolute atomic E-state index is 0.450. The van der Waals surface area contributed by atoms with Gasteiger partial charge in [-0.3, -0.25) is 4.98 Å². The molecule has 4 heteroatoms. The predicted octanol–water partition coefficient (Wildman–Crippen LogP) is 3.46. The van der Waals surface area contributed by atoms with Crippen LogP contribution in [0.1, 0.15) is 31.2 Å². The summed E-state index contributed by atoms with van der Waals surface area (Å²) in [5.41, 5.74) is 6.47. The molecule has 3 aromatic rings. The highest BCUT2D eigenvalue weighted by Gasteiger charge is 2.09. The molecule has 4 nitrogen and oxygen atoms in total. The maximum absolute atomic E-state index is 4.70. The summed E-state index contributed by atoms with van der Waals surface area (Å²) in [5.74, 6) is 0.450. The predicted molar refractivity (Wildman–Crippen MR) is 80.6 cm³/mol. The summed E-state index contributed by atoms with van der Waals surface area (Å²) in [6.45, 7) is 6.39. The zero-order chi connectivity index (χ0) is 14.3. The number of nitrogens with zero attached hydrogens (tertiary/aromatic N) is 4. The van der Waals surface area contributed by atoms with Crippen LogP contribution >= 0.6 is 0 Å². The number of pyridine rings is 1. The van der Waals surface area contributed by atoms with Crippen molar-refractivity contribution in [1.29, 1.82) is 0 Å². The molecule has 0 saturated heterocycles. The van der Waals surface area contributed by atoms with Crippen LogP contribution in [0.3, 0.4) is 0 Å². The molecule has 0 atom stereocenters. The molecule has 20 heavy (non-hydrogen) atoms. The third kappa shape index (κ3) is 2.07. The Hall–Kier alpha value is -2.23. The van der Waals surface area contributed by atoms with Crippen LogP contribution in [-0.4, -0.2) is 20.0 Å². The van der Waals surface area contributed by atoms with E-state index in [0.717, 1.165) is 33.5 Å². The molecule has 0 bridgehead atoms. The summed E-state index contributed by atoms with van der Waals surface area (Å²) in [6, 6.07) is 10.5. The molecule has 2 aromatic heterocycles. The number of aryl methyl sites for hydroxylation is 2. The summed E-state index contributed by atoms with van der Waals surface area (Å²) in [5, 5.41) is 8.15. The Balaban J connectivity index is 2.12. The molecule has 0 aliphatic carbocycles. The molecule has 0 aliphatic heterocycles. The molecule has 0 N–H and O–H groups in total. The zero-order valence-electron chi connectivity index (χ0n) is 12.3. The summed E-state index contributed by atoms with van der Waals surface area (Å²) in [7, 11) is 1.91. The van der Waals surface area contributed by atoms with Crippen molar-refractivity contribution in [3.05, 3.63) is 41.7 Å². The first-order valence-corrected chi connectivity index (χ1v) is 6.83. The Bertz CT molecular complexity index is 771. The van der Waals surface area contributed by atoms with Crippen LogP contribution in [0.15, 0.2) is 30.3 Å². The fraction of sp³-hybridized carbons (Fsp3) is 0.312. The first kappa shape index (κ1) is 12.8. The first-order valence-electron chi connectivity index (χ1n) is 6.83. The van der Waals surface area contributed by atoms with Crippen LogP contribution in [-0.2, 0) is 7.05 Å². The number of benzene rings is 1. The molecule has 0 spiro atoms.